The number of carbonyl (C=O) groups excluding carboxylic acids is 1. The number of likely N-dealkylation sites (N-methyl/N-ethyl adjacent to an activating group) is 1. The van der Waals surface area contributed by atoms with Crippen LogP contribution >= 0.6 is 0 Å². The van der Waals surface area contributed by atoms with Crippen LogP contribution in [0.3, 0.4) is 0 Å². The predicted octanol–water partition coefficient (Wildman–Crippen LogP) is 2.27. The molecule has 1 aromatic carbocycles. The lowest BCUT2D eigenvalue weighted by atomic mass is 10.0. The Kier molecular flexibility index (Phi) is 6.03. The number of rotatable bonds is 6. The molecule has 106 valence electrons. The molecule has 0 saturated heterocycles. The number of hydrogen-bond donors (Lipinski definition) is 1. The molecule has 0 heterocycles. The summed E-state index contributed by atoms with van der Waals surface area (Å²) in [5, 5.41) is 9.22. The third-order valence-corrected chi connectivity index (χ3v) is 3.14. The van der Waals surface area contributed by atoms with Gasteiger partial charge in [0.25, 0.3) is 5.91 Å². The number of hydrogen-bond acceptors (Lipinski definition) is 2. The standard InChI is InChI=1S/C16H25NO2/c1-12(2)11-15-7-5-14(6-8-15)9-10-17(4)16(19)13(3)18/h5-8,12-13,18H,9-11H2,1-4H3. The van der Waals surface area contributed by atoms with Crippen molar-refractivity contribution in [3.05, 3.63) is 35.4 Å². The van der Waals surface area contributed by atoms with Crippen molar-refractivity contribution in [1.29, 1.82) is 0 Å². The van der Waals surface area contributed by atoms with E-state index in [1.165, 1.54) is 18.1 Å². The van der Waals surface area contributed by atoms with Crippen LogP contribution in [0.15, 0.2) is 24.3 Å². The van der Waals surface area contributed by atoms with Crippen LogP contribution in [-0.2, 0) is 17.6 Å². The third-order valence-electron chi connectivity index (χ3n) is 3.14. The first kappa shape index (κ1) is 15.7. The quantitative estimate of drug-likeness (QED) is 0.855. The van der Waals surface area contributed by atoms with E-state index in [9.17, 15) is 9.90 Å². The van der Waals surface area contributed by atoms with E-state index in [0.29, 0.717) is 12.5 Å². The average Bonchev–Trinajstić information content (AvgIpc) is 2.35. The van der Waals surface area contributed by atoms with Gasteiger partial charge < -0.3 is 10.0 Å². The Morgan fingerprint density at radius 3 is 2.16 bits per heavy atom. The molecule has 3 nitrogen and oxygen atoms in total. The highest BCUT2D eigenvalue weighted by molar-refractivity contribution is 5.79. The van der Waals surface area contributed by atoms with Gasteiger partial charge in [0.2, 0.25) is 0 Å². The largest absolute Gasteiger partial charge is 0.384 e. The second-order valence-electron chi connectivity index (χ2n) is 5.60. The van der Waals surface area contributed by atoms with Crippen molar-refractivity contribution in [3.8, 4) is 0 Å². The SMILES string of the molecule is CC(C)Cc1ccc(CCN(C)C(=O)C(C)O)cc1. The van der Waals surface area contributed by atoms with Crippen molar-refractivity contribution in [1.82, 2.24) is 4.90 Å². The summed E-state index contributed by atoms with van der Waals surface area (Å²) in [6.07, 6.45) is 0.996. The molecule has 0 aromatic heterocycles. The van der Waals surface area contributed by atoms with Gasteiger partial charge in [0, 0.05) is 13.6 Å². The summed E-state index contributed by atoms with van der Waals surface area (Å²) in [7, 11) is 1.72. The first-order valence-corrected chi connectivity index (χ1v) is 6.91. The molecule has 0 radical (unpaired) electrons. The molecule has 1 amide bonds. The molecular weight excluding hydrogens is 238 g/mol. The smallest absolute Gasteiger partial charge is 0.250 e. The van der Waals surface area contributed by atoms with Gasteiger partial charge in [-0.05, 0) is 36.8 Å². The van der Waals surface area contributed by atoms with Gasteiger partial charge in [-0.3, -0.25) is 4.79 Å². The zero-order valence-electron chi connectivity index (χ0n) is 12.4. The number of amides is 1. The minimum absolute atomic E-state index is 0.226. The summed E-state index contributed by atoms with van der Waals surface area (Å²) in [5.74, 6) is 0.442. The predicted molar refractivity (Wildman–Crippen MR) is 78.0 cm³/mol. The molecule has 1 N–H and O–H groups in total. The Labute approximate surface area is 116 Å². The second-order valence-corrected chi connectivity index (χ2v) is 5.60. The lowest BCUT2D eigenvalue weighted by molar-refractivity contribution is -0.137. The zero-order chi connectivity index (χ0) is 14.4. The number of benzene rings is 1. The summed E-state index contributed by atoms with van der Waals surface area (Å²) < 4.78 is 0. The van der Waals surface area contributed by atoms with E-state index in [4.69, 9.17) is 0 Å². The van der Waals surface area contributed by atoms with Crippen LogP contribution in [-0.4, -0.2) is 35.6 Å². The number of carbonyl (C=O) groups is 1. The Bertz CT molecular complexity index is 396. The molecule has 0 fully saturated rings. The number of nitrogens with zero attached hydrogens (tertiary/aromatic N) is 1. The molecule has 1 rings (SSSR count). The first-order valence-electron chi connectivity index (χ1n) is 6.91. The summed E-state index contributed by atoms with van der Waals surface area (Å²) in [4.78, 5) is 13.1. The van der Waals surface area contributed by atoms with Crippen molar-refractivity contribution < 1.29 is 9.90 Å². The minimum Gasteiger partial charge on any atom is -0.384 e. The summed E-state index contributed by atoms with van der Waals surface area (Å²) >= 11 is 0. The molecular formula is C16H25NO2. The highest BCUT2D eigenvalue weighted by atomic mass is 16.3. The van der Waals surface area contributed by atoms with Gasteiger partial charge in [0.15, 0.2) is 0 Å². The van der Waals surface area contributed by atoms with Crippen molar-refractivity contribution in [2.45, 2.75) is 39.7 Å². The zero-order valence-corrected chi connectivity index (χ0v) is 12.4. The Morgan fingerprint density at radius 2 is 1.68 bits per heavy atom. The molecule has 0 aliphatic heterocycles. The van der Waals surface area contributed by atoms with Gasteiger partial charge in [-0.1, -0.05) is 38.1 Å². The van der Waals surface area contributed by atoms with Crippen LogP contribution in [0.2, 0.25) is 0 Å². The van der Waals surface area contributed by atoms with Crippen LogP contribution in [0.1, 0.15) is 31.9 Å². The van der Waals surface area contributed by atoms with E-state index < -0.39 is 6.10 Å². The van der Waals surface area contributed by atoms with Gasteiger partial charge >= 0.3 is 0 Å². The van der Waals surface area contributed by atoms with Crippen LogP contribution < -0.4 is 0 Å². The number of aliphatic hydroxyl groups is 1. The van der Waals surface area contributed by atoms with Crippen LogP contribution in [0, 0.1) is 5.92 Å². The Balaban J connectivity index is 2.48. The van der Waals surface area contributed by atoms with Crippen molar-refractivity contribution in [2.24, 2.45) is 5.92 Å². The van der Waals surface area contributed by atoms with Crippen molar-refractivity contribution >= 4 is 5.91 Å². The van der Waals surface area contributed by atoms with Crippen LogP contribution in [0.4, 0.5) is 0 Å². The lowest BCUT2D eigenvalue weighted by Gasteiger charge is -2.18. The van der Waals surface area contributed by atoms with Crippen LogP contribution in [0.5, 0.6) is 0 Å². The summed E-state index contributed by atoms with van der Waals surface area (Å²) in [5.41, 5.74) is 2.57. The molecule has 0 aliphatic rings. The Hall–Kier alpha value is -1.35. The Morgan fingerprint density at radius 1 is 1.16 bits per heavy atom. The molecule has 0 saturated carbocycles. The van der Waals surface area contributed by atoms with E-state index in [1.54, 1.807) is 11.9 Å². The van der Waals surface area contributed by atoms with Crippen LogP contribution in [0.25, 0.3) is 0 Å². The summed E-state index contributed by atoms with van der Waals surface area (Å²) in [6, 6.07) is 8.56. The van der Waals surface area contributed by atoms with Gasteiger partial charge in [0.05, 0.1) is 0 Å². The topological polar surface area (TPSA) is 40.5 Å². The maximum atomic E-state index is 11.5. The number of aliphatic hydroxyl groups excluding tert-OH is 1. The molecule has 19 heavy (non-hydrogen) atoms. The third kappa shape index (κ3) is 5.43. The lowest BCUT2D eigenvalue weighted by Crippen LogP contribution is -2.35. The highest BCUT2D eigenvalue weighted by Crippen LogP contribution is 2.10. The van der Waals surface area contributed by atoms with Crippen molar-refractivity contribution in [2.75, 3.05) is 13.6 Å². The summed E-state index contributed by atoms with van der Waals surface area (Å²) in [6.45, 7) is 6.56. The first-order chi connectivity index (χ1) is 8.90. The fourth-order valence-corrected chi connectivity index (χ4v) is 2.04. The van der Waals surface area contributed by atoms with Gasteiger partial charge in [-0.15, -0.1) is 0 Å². The van der Waals surface area contributed by atoms with Crippen molar-refractivity contribution in [3.63, 3.8) is 0 Å². The maximum Gasteiger partial charge on any atom is 0.250 e. The van der Waals surface area contributed by atoms with E-state index >= 15 is 0 Å². The highest BCUT2D eigenvalue weighted by Gasteiger charge is 2.13. The fourth-order valence-electron chi connectivity index (χ4n) is 2.04. The maximum absolute atomic E-state index is 11.5. The monoisotopic (exact) mass is 263 g/mol. The minimum atomic E-state index is -0.918. The van der Waals surface area contributed by atoms with E-state index in [2.05, 4.69) is 38.1 Å². The van der Waals surface area contributed by atoms with Gasteiger partial charge in [-0.2, -0.15) is 0 Å². The van der Waals surface area contributed by atoms with Gasteiger partial charge in [-0.25, -0.2) is 0 Å². The molecule has 0 aliphatic carbocycles. The normalized spacial score (nSPS) is 12.5. The fraction of sp³-hybridized carbons (Fsp3) is 0.562. The molecule has 1 atom stereocenters. The average molecular weight is 263 g/mol. The molecule has 1 aromatic rings. The van der Waals surface area contributed by atoms with E-state index in [0.717, 1.165) is 12.8 Å². The molecule has 0 bridgehead atoms. The molecule has 1 unspecified atom stereocenters. The molecule has 0 spiro atoms. The van der Waals surface area contributed by atoms with E-state index in [1.807, 2.05) is 0 Å². The molecule has 3 heteroatoms. The van der Waals surface area contributed by atoms with E-state index in [-0.39, 0.29) is 5.91 Å². The second kappa shape index (κ2) is 7.29. The van der Waals surface area contributed by atoms with Gasteiger partial charge in [0.1, 0.15) is 6.10 Å².